The summed E-state index contributed by atoms with van der Waals surface area (Å²) in [7, 11) is -1.75. The first-order chi connectivity index (χ1) is 9.18. The third-order valence-electron chi connectivity index (χ3n) is 3.46. The summed E-state index contributed by atoms with van der Waals surface area (Å²) in [6, 6.07) is 16.7. The van der Waals surface area contributed by atoms with Crippen molar-refractivity contribution in [3.05, 3.63) is 48.5 Å². The summed E-state index contributed by atoms with van der Waals surface area (Å²) in [6.45, 7) is 0. The topological polar surface area (TPSA) is 12.4 Å². The molecule has 0 saturated heterocycles. The van der Waals surface area contributed by atoms with Gasteiger partial charge in [-0.2, -0.15) is 0 Å². The molecule has 0 radical (unpaired) electrons. The molecule has 4 heteroatoms. The first kappa shape index (κ1) is 11.5. The summed E-state index contributed by atoms with van der Waals surface area (Å²) in [5.41, 5.74) is 2.77. The van der Waals surface area contributed by atoms with Gasteiger partial charge in [0.1, 0.15) is 0 Å². The summed E-state index contributed by atoms with van der Waals surface area (Å²) in [5.74, 6) is 0. The van der Waals surface area contributed by atoms with Crippen molar-refractivity contribution in [3.63, 3.8) is 0 Å². The Balaban J connectivity index is 2.42. The predicted molar refractivity (Wildman–Crippen MR) is 90.0 cm³/mol. The second-order valence-electron chi connectivity index (χ2n) is 4.55. The first-order valence-electron chi connectivity index (χ1n) is 5.91. The van der Waals surface area contributed by atoms with Crippen LogP contribution in [0.4, 0.5) is 5.69 Å². The molecule has 0 amide bonds. The quantitative estimate of drug-likeness (QED) is 0.579. The average molecular weight is 299 g/mol. The molecule has 1 heterocycles. The summed E-state index contributed by atoms with van der Waals surface area (Å²) in [6.07, 6.45) is 0. The molecule has 0 aliphatic carbocycles. The number of hydrogen-bond acceptors (Lipinski definition) is 3. The minimum Gasteiger partial charge on any atom is -0.247 e. The molecule has 0 aromatic heterocycles. The van der Waals surface area contributed by atoms with E-state index in [1.165, 1.54) is 10.8 Å². The van der Waals surface area contributed by atoms with Gasteiger partial charge in [-0.15, -0.1) is 0 Å². The molecule has 1 aliphatic rings. The maximum atomic E-state index is 5.60. The van der Waals surface area contributed by atoms with Crippen LogP contribution < -0.4 is 0 Å². The number of fused-ring (bicyclic) bond motifs is 6. The molecular formula is C15H9NS3. The number of rotatable bonds is 0. The van der Waals surface area contributed by atoms with Gasteiger partial charge in [0, 0.05) is 5.39 Å². The fourth-order valence-electron chi connectivity index (χ4n) is 2.68. The Morgan fingerprint density at radius 2 is 1.26 bits per heavy atom. The Morgan fingerprint density at radius 3 is 1.95 bits per heavy atom. The van der Waals surface area contributed by atoms with Crippen LogP contribution in [0.1, 0.15) is 0 Å². The van der Waals surface area contributed by atoms with Crippen LogP contribution >= 0.6 is 0 Å². The molecule has 0 N–H and O–H groups in total. The lowest BCUT2D eigenvalue weighted by atomic mass is 10.0. The van der Waals surface area contributed by atoms with Crippen molar-refractivity contribution in [2.45, 2.75) is 4.90 Å². The normalized spacial score (nSPS) is 16.0. The summed E-state index contributed by atoms with van der Waals surface area (Å²) in [4.78, 5) is 5.61. The van der Waals surface area contributed by atoms with Gasteiger partial charge in [-0.3, -0.25) is 0 Å². The lowest BCUT2D eigenvalue weighted by molar-refractivity contribution is 1.50. The van der Waals surface area contributed by atoms with Crippen LogP contribution in [0.25, 0.3) is 21.5 Å². The van der Waals surface area contributed by atoms with Gasteiger partial charge < -0.3 is 0 Å². The molecule has 19 heavy (non-hydrogen) atoms. The van der Waals surface area contributed by atoms with Crippen molar-refractivity contribution in [2.24, 2.45) is 4.99 Å². The fourth-order valence-corrected chi connectivity index (χ4v) is 5.22. The highest BCUT2D eigenvalue weighted by atomic mass is 33.1. The molecule has 3 aromatic rings. The molecule has 92 valence electrons. The smallest absolute Gasteiger partial charge is 0.0866 e. The van der Waals surface area contributed by atoms with Crippen molar-refractivity contribution < 1.29 is 0 Å². The molecule has 0 unspecified atom stereocenters. The zero-order valence-corrected chi connectivity index (χ0v) is 12.3. The van der Waals surface area contributed by atoms with Gasteiger partial charge in [-0.05, 0) is 45.7 Å². The summed E-state index contributed by atoms with van der Waals surface area (Å²) >= 11 is 11.2. The van der Waals surface area contributed by atoms with E-state index in [4.69, 9.17) is 22.4 Å². The van der Waals surface area contributed by atoms with Gasteiger partial charge in [0.05, 0.1) is 16.1 Å². The van der Waals surface area contributed by atoms with Gasteiger partial charge >= 0.3 is 0 Å². The number of aliphatic imine (C=N–C) groups is 1. The molecule has 0 saturated carbocycles. The SMILES string of the molecule is S=S1(=S)C=Nc2c1c1ccccc1c1ccccc21. The largest absolute Gasteiger partial charge is 0.247 e. The van der Waals surface area contributed by atoms with Crippen LogP contribution in [-0.4, -0.2) is 5.55 Å². The van der Waals surface area contributed by atoms with E-state index in [9.17, 15) is 0 Å². The molecule has 1 aliphatic heterocycles. The predicted octanol–water partition coefficient (Wildman–Crippen LogP) is 4.10. The van der Waals surface area contributed by atoms with Gasteiger partial charge in [0.2, 0.25) is 0 Å². The summed E-state index contributed by atoms with van der Waals surface area (Å²) < 4.78 is 0. The van der Waals surface area contributed by atoms with Gasteiger partial charge in [0.25, 0.3) is 0 Å². The van der Waals surface area contributed by atoms with Crippen LogP contribution in [0, 0.1) is 0 Å². The van der Waals surface area contributed by atoms with Crippen LogP contribution in [0.3, 0.4) is 0 Å². The van der Waals surface area contributed by atoms with Crippen LogP contribution in [0.15, 0.2) is 58.4 Å². The van der Waals surface area contributed by atoms with Crippen LogP contribution in [0.5, 0.6) is 0 Å². The Kier molecular flexibility index (Phi) is 2.31. The minimum absolute atomic E-state index is 0.981. The van der Waals surface area contributed by atoms with Crippen molar-refractivity contribution in [1.82, 2.24) is 0 Å². The third-order valence-corrected chi connectivity index (χ3v) is 6.35. The molecule has 0 fully saturated rings. The Labute approximate surface area is 120 Å². The number of hydrogen-bond donors (Lipinski definition) is 0. The highest BCUT2D eigenvalue weighted by Gasteiger charge is 2.22. The van der Waals surface area contributed by atoms with E-state index in [-0.39, 0.29) is 0 Å². The van der Waals surface area contributed by atoms with Crippen LogP contribution in [0.2, 0.25) is 0 Å². The van der Waals surface area contributed by atoms with E-state index >= 15 is 0 Å². The second kappa shape index (κ2) is 3.82. The Bertz CT molecular complexity index is 969. The molecular weight excluding hydrogens is 290 g/mol. The summed E-state index contributed by atoms with van der Waals surface area (Å²) in [5, 5.41) is 4.75. The van der Waals surface area contributed by atoms with E-state index in [1.807, 2.05) is 12.1 Å². The van der Waals surface area contributed by atoms with E-state index < -0.39 is 7.15 Å². The highest BCUT2D eigenvalue weighted by Crippen LogP contribution is 2.43. The minimum atomic E-state index is -1.75. The molecule has 1 nitrogen and oxygen atoms in total. The molecule has 4 rings (SSSR count). The first-order valence-corrected chi connectivity index (χ1v) is 9.46. The van der Waals surface area contributed by atoms with Crippen molar-refractivity contribution in [3.8, 4) is 0 Å². The van der Waals surface area contributed by atoms with Gasteiger partial charge in [0.15, 0.2) is 0 Å². The highest BCUT2D eigenvalue weighted by molar-refractivity contribution is 8.62. The van der Waals surface area contributed by atoms with E-state index in [0.717, 1.165) is 21.4 Å². The van der Waals surface area contributed by atoms with Crippen molar-refractivity contribution in [2.75, 3.05) is 0 Å². The fraction of sp³-hybridized carbons (Fsp3) is 0. The number of benzene rings is 3. The average Bonchev–Trinajstić information content (AvgIpc) is 2.76. The monoisotopic (exact) mass is 299 g/mol. The maximum absolute atomic E-state index is 5.60. The standard InChI is InChI=1S/C15H9NS3/c17-19(18)9-16-14-12-7-3-1-5-10(12)11-6-2-4-8-13(11)15(14)19/h1-9H. The number of nitrogens with zero attached hydrogens (tertiary/aromatic N) is 1. The van der Waals surface area contributed by atoms with Gasteiger partial charge in [-0.1, -0.05) is 48.5 Å². The lowest BCUT2D eigenvalue weighted by Gasteiger charge is -2.11. The molecule has 0 bridgehead atoms. The molecule has 0 atom stereocenters. The van der Waals surface area contributed by atoms with E-state index in [2.05, 4.69) is 41.4 Å². The second-order valence-corrected chi connectivity index (χ2v) is 10.0. The Hall–Kier alpha value is -1.36. The zero-order chi connectivity index (χ0) is 13.0. The van der Waals surface area contributed by atoms with E-state index in [1.54, 1.807) is 5.55 Å². The lowest BCUT2D eigenvalue weighted by Crippen LogP contribution is -1.94. The van der Waals surface area contributed by atoms with Crippen molar-refractivity contribution in [1.29, 1.82) is 0 Å². The maximum Gasteiger partial charge on any atom is 0.0866 e. The van der Waals surface area contributed by atoms with Crippen LogP contribution in [-0.2, 0) is 29.5 Å². The zero-order valence-electron chi connectivity index (χ0n) is 9.87. The molecule has 3 aromatic carbocycles. The van der Waals surface area contributed by atoms with Gasteiger partial charge in [-0.25, -0.2) is 4.99 Å². The third kappa shape index (κ3) is 1.51. The van der Waals surface area contributed by atoms with E-state index in [0.29, 0.717) is 0 Å². The van der Waals surface area contributed by atoms with Crippen molar-refractivity contribution >= 4 is 62.3 Å². The Morgan fingerprint density at radius 1 is 0.737 bits per heavy atom. The molecule has 0 spiro atoms.